The molecule has 106 valence electrons. The number of allylic oxidation sites excluding steroid dienone is 3. The zero-order chi connectivity index (χ0) is 15.0. The molecule has 0 saturated heterocycles. The van der Waals surface area contributed by atoms with Gasteiger partial charge in [0.15, 0.2) is 5.78 Å². The molecule has 0 radical (unpaired) electrons. The Morgan fingerprint density at radius 3 is 2.90 bits per heavy atom. The van der Waals surface area contributed by atoms with Crippen molar-refractivity contribution in [1.29, 1.82) is 5.26 Å². The summed E-state index contributed by atoms with van der Waals surface area (Å²) in [5.74, 6) is 0.342. The standard InChI is InChI=1S/C16H13BrN2O2/c17-10-4-1-3-9(7-10)14-11(8-18)16(19)21-13-6-2-5-12(20)15(13)14/h1,3-4,7,14H,2,5-6,19H2/t14-/m0/s1. The summed E-state index contributed by atoms with van der Waals surface area (Å²) >= 11 is 3.43. The summed E-state index contributed by atoms with van der Waals surface area (Å²) in [6.07, 6.45) is 1.94. The van der Waals surface area contributed by atoms with Crippen molar-refractivity contribution in [3.8, 4) is 6.07 Å². The van der Waals surface area contributed by atoms with E-state index in [-0.39, 0.29) is 11.7 Å². The van der Waals surface area contributed by atoms with Crippen LogP contribution in [-0.4, -0.2) is 5.78 Å². The minimum Gasteiger partial charge on any atom is -0.444 e. The summed E-state index contributed by atoms with van der Waals surface area (Å²) in [6, 6.07) is 9.70. The fourth-order valence-electron chi connectivity index (χ4n) is 2.88. The number of nitrogens with zero attached hydrogens (tertiary/aromatic N) is 1. The van der Waals surface area contributed by atoms with Gasteiger partial charge in [0.25, 0.3) is 0 Å². The maximum Gasteiger partial charge on any atom is 0.205 e. The Kier molecular flexibility index (Phi) is 3.56. The van der Waals surface area contributed by atoms with Crippen LogP contribution in [0.4, 0.5) is 0 Å². The number of benzene rings is 1. The Morgan fingerprint density at radius 2 is 2.19 bits per heavy atom. The number of carbonyl (C=O) groups excluding carboxylic acids is 1. The van der Waals surface area contributed by atoms with Crippen molar-refractivity contribution < 1.29 is 9.53 Å². The van der Waals surface area contributed by atoms with Crippen LogP contribution < -0.4 is 5.73 Å². The van der Waals surface area contributed by atoms with Crippen LogP contribution in [0.2, 0.25) is 0 Å². The van der Waals surface area contributed by atoms with Gasteiger partial charge in [-0.15, -0.1) is 0 Å². The number of rotatable bonds is 1. The average molecular weight is 345 g/mol. The number of halogens is 1. The molecule has 1 aromatic rings. The zero-order valence-corrected chi connectivity index (χ0v) is 12.8. The number of hydrogen-bond donors (Lipinski definition) is 1. The van der Waals surface area contributed by atoms with Crippen LogP contribution in [0.3, 0.4) is 0 Å². The molecule has 21 heavy (non-hydrogen) atoms. The van der Waals surface area contributed by atoms with Gasteiger partial charge < -0.3 is 10.5 Å². The van der Waals surface area contributed by atoms with Gasteiger partial charge in [0, 0.05) is 22.9 Å². The molecule has 2 N–H and O–H groups in total. The largest absolute Gasteiger partial charge is 0.444 e. The molecule has 1 heterocycles. The maximum absolute atomic E-state index is 12.3. The van der Waals surface area contributed by atoms with Crippen molar-refractivity contribution in [2.75, 3.05) is 0 Å². The Hall–Kier alpha value is -2.06. The third kappa shape index (κ3) is 2.36. The van der Waals surface area contributed by atoms with Gasteiger partial charge in [-0.3, -0.25) is 4.79 Å². The fourth-order valence-corrected chi connectivity index (χ4v) is 3.29. The quantitative estimate of drug-likeness (QED) is 0.848. The summed E-state index contributed by atoms with van der Waals surface area (Å²) in [5.41, 5.74) is 7.65. The predicted molar refractivity (Wildman–Crippen MR) is 80.7 cm³/mol. The number of Topliss-reactive ketones (excluding diaryl/α,β-unsaturated/α-hetero) is 1. The first kappa shape index (κ1) is 13.9. The molecule has 0 unspecified atom stereocenters. The molecule has 1 atom stereocenters. The highest BCUT2D eigenvalue weighted by Gasteiger charge is 2.37. The Balaban J connectivity index is 2.20. The van der Waals surface area contributed by atoms with E-state index in [0.717, 1.165) is 16.5 Å². The lowest BCUT2D eigenvalue weighted by Gasteiger charge is -2.31. The van der Waals surface area contributed by atoms with Gasteiger partial charge in [0.05, 0.1) is 5.92 Å². The van der Waals surface area contributed by atoms with Crippen LogP contribution in [0.1, 0.15) is 30.7 Å². The van der Waals surface area contributed by atoms with E-state index < -0.39 is 5.92 Å². The second kappa shape index (κ2) is 5.38. The summed E-state index contributed by atoms with van der Waals surface area (Å²) in [6.45, 7) is 0. The number of nitriles is 1. The monoisotopic (exact) mass is 344 g/mol. The highest BCUT2D eigenvalue weighted by Crippen LogP contribution is 2.43. The van der Waals surface area contributed by atoms with E-state index in [4.69, 9.17) is 10.5 Å². The minimum absolute atomic E-state index is 0.0430. The predicted octanol–water partition coefficient (Wildman–Crippen LogP) is 3.26. The molecule has 0 fully saturated rings. The summed E-state index contributed by atoms with van der Waals surface area (Å²) in [7, 11) is 0. The summed E-state index contributed by atoms with van der Waals surface area (Å²) < 4.78 is 6.42. The van der Waals surface area contributed by atoms with Gasteiger partial charge in [-0.2, -0.15) is 5.26 Å². The Bertz CT molecular complexity index is 728. The number of ether oxygens (including phenoxy) is 1. The van der Waals surface area contributed by atoms with E-state index in [2.05, 4.69) is 22.0 Å². The van der Waals surface area contributed by atoms with Crippen molar-refractivity contribution in [2.45, 2.75) is 25.2 Å². The van der Waals surface area contributed by atoms with Gasteiger partial charge in [-0.05, 0) is 24.1 Å². The third-order valence-corrected chi connectivity index (χ3v) is 4.28. The lowest BCUT2D eigenvalue weighted by Crippen LogP contribution is -2.27. The second-order valence-corrected chi connectivity index (χ2v) is 6.01. The molecule has 3 rings (SSSR count). The molecule has 0 aromatic heterocycles. The SMILES string of the molecule is N#CC1=C(N)OC2=C(C(=O)CCC2)[C@H]1c1cccc(Br)c1. The zero-order valence-electron chi connectivity index (χ0n) is 11.2. The van der Waals surface area contributed by atoms with Crippen LogP contribution in [0.25, 0.3) is 0 Å². The Labute approximate surface area is 131 Å². The number of ketones is 1. The molecule has 0 bridgehead atoms. The smallest absolute Gasteiger partial charge is 0.205 e. The maximum atomic E-state index is 12.3. The van der Waals surface area contributed by atoms with Crippen LogP contribution in [0.15, 0.2) is 51.5 Å². The average Bonchev–Trinajstić information content (AvgIpc) is 2.46. The molecule has 0 spiro atoms. The van der Waals surface area contributed by atoms with Gasteiger partial charge in [0.2, 0.25) is 5.88 Å². The molecule has 4 nitrogen and oxygen atoms in total. The van der Waals surface area contributed by atoms with Crippen molar-refractivity contribution in [1.82, 2.24) is 0 Å². The van der Waals surface area contributed by atoms with E-state index in [1.165, 1.54) is 0 Å². The first-order valence-corrected chi connectivity index (χ1v) is 7.50. The Morgan fingerprint density at radius 1 is 1.38 bits per heavy atom. The second-order valence-electron chi connectivity index (χ2n) is 5.09. The number of hydrogen-bond acceptors (Lipinski definition) is 4. The third-order valence-electron chi connectivity index (χ3n) is 3.79. The van der Waals surface area contributed by atoms with Crippen molar-refractivity contribution in [2.24, 2.45) is 5.73 Å². The molecule has 0 amide bonds. The summed E-state index contributed by atoms with van der Waals surface area (Å²) in [5, 5.41) is 9.43. The lowest BCUT2D eigenvalue weighted by atomic mass is 9.78. The van der Waals surface area contributed by atoms with Gasteiger partial charge in [0.1, 0.15) is 17.4 Å². The van der Waals surface area contributed by atoms with Gasteiger partial charge >= 0.3 is 0 Å². The molecular formula is C16H13BrN2O2. The van der Waals surface area contributed by atoms with Crippen LogP contribution in [-0.2, 0) is 9.53 Å². The molecule has 1 aromatic carbocycles. The number of nitrogens with two attached hydrogens (primary N) is 1. The van der Waals surface area contributed by atoms with E-state index >= 15 is 0 Å². The molecule has 1 aliphatic heterocycles. The van der Waals surface area contributed by atoms with E-state index in [1.807, 2.05) is 24.3 Å². The highest BCUT2D eigenvalue weighted by atomic mass is 79.9. The minimum atomic E-state index is -0.427. The summed E-state index contributed by atoms with van der Waals surface area (Å²) in [4.78, 5) is 12.3. The lowest BCUT2D eigenvalue weighted by molar-refractivity contribution is -0.116. The normalized spacial score (nSPS) is 21.7. The van der Waals surface area contributed by atoms with Crippen LogP contribution in [0.5, 0.6) is 0 Å². The number of carbonyl (C=O) groups is 1. The van der Waals surface area contributed by atoms with E-state index in [0.29, 0.717) is 29.7 Å². The highest BCUT2D eigenvalue weighted by molar-refractivity contribution is 9.10. The van der Waals surface area contributed by atoms with Crippen molar-refractivity contribution in [3.05, 3.63) is 57.1 Å². The van der Waals surface area contributed by atoms with Crippen LogP contribution >= 0.6 is 15.9 Å². The molecule has 2 aliphatic rings. The first-order chi connectivity index (χ1) is 10.1. The molecule has 0 saturated carbocycles. The fraction of sp³-hybridized carbons (Fsp3) is 0.250. The van der Waals surface area contributed by atoms with Crippen molar-refractivity contribution >= 4 is 21.7 Å². The molecular weight excluding hydrogens is 332 g/mol. The van der Waals surface area contributed by atoms with Crippen molar-refractivity contribution in [3.63, 3.8) is 0 Å². The molecule has 5 heteroatoms. The first-order valence-electron chi connectivity index (χ1n) is 6.71. The van der Waals surface area contributed by atoms with Crippen LogP contribution in [0, 0.1) is 11.3 Å². The van der Waals surface area contributed by atoms with E-state index in [1.54, 1.807) is 0 Å². The van der Waals surface area contributed by atoms with Gasteiger partial charge in [-0.25, -0.2) is 0 Å². The topological polar surface area (TPSA) is 76.1 Å². The molecule has 1 aliphatic carbocycles. The van der Waals surface area contributed by atoms with E-state index in [9.17, 15) is 10.1 Å². The van der Waals surface area contributed by atoms with Gasteiger partial charge in [-0.1, -0.05) is 28.1 Å².